The second kappa shape index (κ2) is 14.3. The number of nitrogens with two attached hydrogens (primary N) is 2. The number of carboxylic acid groups (broad SMARTS) is 1. The molecule has 220 valence electrons. The number of β-lactam (4-membered cyclic amide) rings is 1. The van der Waals surface area contributed by atoms with E-state index in [0.717, 1.165) is 26.7 Å². The number of aliphatic hydroxyl groups is 1. The van der Waals surface area contributed by atoms with Gasteiger partial charge in [-0.25, -0.2) is 14.2 Å². The number of thioether (sulfide) groups is 3. The molecule has 4 rings (SSSR count). The lowest BCUT2D eigenvalue weighted by Crippen LogP contribution is -2.71. The van der Waals surface area contributed by atoms with Crippen LogP contribution in [0, 0.1) is 0 Å². The monoisotopic (exact) mass is 643 g/mol. The number of carboxylic acids is 1. The Morgan fingerprint density at radius 2 is 2.22 bits per heavy atom. The quantitative estimate of drug-likeness (QED) is 0.0839. The number of oxime groups is 1. The first-order valence-electron chi connectivity index (χ1n) is 12.0. The van der Waals surface area contributed by atoms with Crippen molar-refractivity contribution in [2.45, 2.75) is 28.1 Å². The van der Waals surface area contributed by atoms with E-state index in [9.17, 15) is 23.9 Å². The summed E-state index contributed by atoms with van der Waals surface area (Å²) in [7, 11) is 0. The topological polar surface area (TPSA) is 206 Å². The number of halogens is 1. The zero-order valence-corrected chi connectivity index (χ0v) is 24.5. The molecule has 1 fully saturated rings. The van der Waals surface area contributed by atoms with E-state index in [1.54, 1.807) is 18.5 Å². The van der Waals surface area contributed by atoms with Gasteiger partial charge in [-0.3, -0.25) is 19.5 Å². The zero-order chi connectivity index (χ0) is 29.5. The van der Waals surface area contributed by atoms with Gasteiger partial charge in [0.2, 0.25) is 0 Å². The molecular weight excluding hydrogens is 618 g/mol. The molecule has 0 saturated carbocycles. The molecule has 0 aromatic carbocycles. The number of nitrogens with one attached hydrogen (secondary N) is 1. The number of pyridine rings is 1. The summed E-state index contributed by atoms with van der Waals surface area (Å²) in [5.74, 6) is -1.30. The first kappa shape index (κ1) is 31.0. The number of alkyl halides is 1. The maximum atomic E-state index is 13.2. The van der Waals surface area contributed by atoms with Gasteiger partial charge >= 0.3 is 5.97 Å². The lowest BCUT2D eigenvalue weighted by molar-refractivity contribution is -0.150. The van der Waals surface area contributed by atoms with Crippen LogP contribution in [0.2, 0.25) is 0 Å². The van der Waals surface area contributed by atoms with Crippen molar-refractivity contribution in [1.82, 2.24) is 20.2 Å². The fraction of sp³-hybridized carbons (Fsp3) is 0.391. The number of nitrogen functional groups attached to an aromatic ring is 1. The Kier molecular flexibility index (Phi) is 10.8. The second-order valence-electron chi connectivity index (χ2n) is 8.51. The number of fused-ring (bicyclic) bond motifs is 1. The highest BCUT2D eigenvalue weighted by atomic mass is 32.2. The van der Waals surface area contributed by atoms with Gasteiger partial charge < -0.3 is 31.8 Å². The van der Waals surface area contributed by atoms with Gasteiger partial charge in [-0.2, -0.15) is 11.8 Å². The fourth-order valence-corrected chi connectivity index (χ4v) is 7.93. The third-order valence-electron chi connectivity index (χ3n) is 5.64. The summed E-state index contributed by atoms with van der Waals surface area (Å²) in [5, 5.41) is 26.4. The van der Waals surface area contributed by atoms with Gasteiger partial charge in [-0.05, 0) is 11.6 Å². The molecule has 1 unspecified atom stereocenters. The summed E-state index contributed by atoms with van der Waals surface area (Å²) < 4.78 is 12.5. The van der Waals surface area contributed by atoms with Crippen molar-refractivity contribution in [2.24, 2.45) is 10.9 Å². The van der Waals surface area contributed by atoms with Crippen LogP contribution in [0.1, 0.15) is 11.3 Å². The molecule has 1 saturated heterocycles. The normalized spacial score (nSPS) is 19.4. The third kappa shape index (κ3) is 7.31. The Balaban J connectivity index is 1.50. The van der Waals surface area contributed by atoms with Crippen LogP contribution >= 0.6 is 46.6 Å². The molecule has 2 aromatic heterocycles. The molecular formula is C23H26FN7O6S4. The van der Waals surface area contributed by atoms with Crippen LogP contribution < -0.4 is 16.8 Å². The number of nitrogens with zero attached hydrogens (tertiary/aromatic N) is 4. The Labute approximate surface area is 250 Å². The highest BCUT2D eigenvalue weighted by molar-refractivity contribution is 8.06. The van der Waals surface area contributed by atoms with E-state index in [2.05, 4.69) is 20.4 Å². The van der Waals surface area contributed by atoms with E-state index in [1.165, 1.54) is 40.7 Å². The number of aliphatic carboxylic acids is 1. The number of aromatic nitrogens is 2. The molecule has 3 atom stereocenters. The van der Waals surface area contributed by atoms with Crippen LogP contribution in [0.25, 0.3) is 0 Å². The first-order chi connectivity index (χ1) is 19.7. The van der Waals surface area contributed by atoms with Crippen LogP contribution in [0.15, 0.2) is 44.5 Å². The molecule has 13 nitrogen and oxygen atoms in total. The number of amides is 2. The van der Waals surface area contributed by atoms with Crippen molar-refractivity contribution < 1.29 is 33.8 Å². The Bertz CT molecular complexity index is 1360. The van der Waals surface area contributed by atoms with E-state index in [4.69, 9.17) is 21.4 Å². The maximum absolute atomic E-state index is 13.2. The Morgan fingerprint density at radius 3 is 2.90 bits per heavy atom. The smallest absolute Gasteiger partial charge is 0.353 e. The number of hydrogen-bond donors (Lipinski definition) is 5. The summed E-state index contributed by atoms with van der Waals surface area (Å²) in [4.78, 5) is 53.9. The number of thiazole rings is 1. The van der Waals surface area contributed by atoms with Gasteiger partial charge in [-0.15, -0.1) is 23.1 Å². The summed E-state index contributed by atoms with van der Waals surface area (Å²) in [6.45, 7) is -1.33. The summed E-state index contributed by atoms with van der Waals surface area (Å²) in [6, 6.07) is 0.393. The lowest BCUT2D eigenvalue weighted by atomic mass is 10.0. The largest absolute Gasteiger partial charge is 0.477 e. The van der Waals surface area contributed by atoms with E-state index >= 15 is 0 Å². The highest BCUT2D eigenvalue weighted by Crippen LogP contribution is 2.45. The molecule has 4 heterocycles. The molecule has 7 N–H and O–H groups in total. The van der Waals surface area contributed by atoms with Gasteiger partial charge in [0.1, 0.15) is 36.1 Å². The molecule has 2 aliphatic rings. The van der Waals surface area contributed by atoms with Crippen LogP contribution in [0.3, 0.4) is 0 Å². The average Bonchev–Trinajstić information content (AvgIpc) is 3.39. The molecule has 41 heavy (non-hydrogen) atoms. The summed E-state index contributed by atoms with van der Waals surface area (Å²) >= 11 is 5.13. The maximum Gasteiger partial charge on any atom is 0.353 e. The predicted octanol–water partition coefficient (Wildman–Crippen LogP) is 0.852. The average molecular weight is 644 g/mol. The van der Waals surface area contributed by atoms with Gasteiger partial charge in [0.15, 0.2) is 10.8 Å². The molecule has 2 aliphatic heterocycles. The van der Waals surface area contributed by atoms with Crippen molar-refractivity contribution in [3.8, 4) is 0 Å². The summed E-state index contributed by atoms with van der Waals surface area (Å²) in [5.41, 5.74) is 12.0. The first-order valence-corrected chi connectivity index (χ1v) is 15.9. The van der Waals surface area contributed by atoms with E-state index in [1.807, 2.05) is 0 Å². The summed E-state index contributed by atoms with van der Waals surface area (Å²) in [6.07, 6.45) is 3.29. The Morgan fingerprint density at radius 1 is 1.41 bits per heavy atom. The minimum Gasteiger partial charge on any atom is -0.477 e. The standard InChI is InChI=1S/C23H26FN7O6S4/c24-2-4-37-30-16(13-9-40-23(26)28-13)19(33)29-17-20(34)31-18(22(35)36)15(10-39-21(17)31)41-14-1-3-27-5-11(14)7-38-8-12(25)6-32/h1,3,5,9,12,17,21,32H,2,4,6-8,10,25H2,(H2,26,28)(H,29,33)(H,35,36)/b30-16-/t12?,17-,21-/m1/s1. The number of hydrogen-bond acceptors (Lipinski definition) is 14. The molecule has 18 heteroatoms. The molecule has 0 radical (unpaired) electrons. The van der Waals surface area contributed by atoms with Crippen LogP contribution in [0.4, 0.5) is 9.52 Å². The minimum atomic E-state index is -1.27. The zero-order valence-electron chi connectivity index (χ0n) is 21.3. The molecule has 0 spiro atoms. The number of carbonyl (C=O) groups excluding carboxylic acids is 2. The predicted molar refractivity (Wildman–Crippen MR) is 156 cm³/mol. The highest BCUT2D eigenvalue weighted by Gasteiger charge is 2.54. The molecule has 2 amide bonds. The van der Waals surface area contributed by atoms with Crippen molar-refractivity contribution in [3.63, 3.8) is 0 Å². The minimum absolute atomic E-state index is 0.0956. The van der Waals surface area contributed by atoms with Gasteiger partial charge in [0, 0.05) is 50.9 Å². The van der Waals surface area contributed by atoms with Crippen molar-refractivity contribution in [1.29, 1.82) is 0 Å². The van der Waals surface area contributed by atoms with Crippen molar-refractivity contribution in [2.75, 3.05) is 37.1 Å². The van der Waals surface area contributed by atoms with Crippen molar-refractivity contribution >= 4 is 75.2 Å². The molecule has 0 aliphatic carbocycles. The van der Waals surface area contributed by atoms with Crippen molar-refractivity contribution in [3.05, 3.63) is 45.7 Å². The number of aliphatic hydroxyl groups excluding tert-OH is 1. The second-order valence-corrected chi connectivity index (χ2v) is 12.7. The number of rotatable bonds is 14. The van der Waals surface area contributed by atoms with Crippen LogP contribution in [-0.2, 0) is 25.0 Å². The molecule has 2 aromatic rings. The molecule has 0 bridgehead atoms. The number of carbonyl (C=O) groups is 3. The van der Waals surface area contributed by atoms with Gasteiger partial charge in [0.25, 0.3) is 11.8 Å². The van der Waals surface area contributed by atoms with E-state index in [0.29, 0.717) is 16.4 Å². The number of anilines is 1. The van der Waals surface area contributed by atoms with Crippen LogP contribution in [0.5, 0.6) is 0 Å². The van der Waals surface area contributed by atoms with Crippen LogP contribution in [-0.4, -0.2) is 97.4 Å². The fourth-order valence-electron chi connectivity index (χ4n) is 3.75. The SMILES string of the molecule is Nc1nc(/C(=N/OCCF)C(=O)N[C@@H]2C(=O)N3C(C(=O)O)=C(Sc4ccncc4CSCC(N)CO)CS[C@H]23)cs1. The Hall–Kier alpha value is -2.90. The van der Waals surface area contributed by atoms with E-state index in [-0.39, 0.29) is 47.2 Å². The third-order valence-corrected chi connectivity index (χ3v) is 10.2. The van der Waals surface area contributed by atoms with E-state index < -0.39 is 35.9 Å². The van der Waals surface area contributed by atoms with Gasteiger partial charge in [0.05, 0.1) is 6.61 Å². The lowest BCUT2D eigenvalue weighted by Gasteiger charge is -2.49. The van der Waals surface area contributed by atoms with Gasteiger partial charge in [-0.1, -0.05) is 16.9 Å².